The minimum absolute atomic E-state index is 0.197. The molecule has 17 heavy (non-hydrogen) atoms. The first-order valence-electron chi connectivity index (χ1n) is 5.27. The van der Waals surface area contributed by atoms with Gasteiger partial charge in [-0.2, -0.15) is 0 Å². The second-order valence-corrected chi connectivity index (χ2v) is 4.42. The van der Waals surface area contributed by atoms with Crippen molar-refractivity contribution in [2.45, 2.75) is 13.0 Å². The van der Waals surface area contributed by atoms with Crippen LogP contribution in [-0.2, 0) is 0 Å². The van der Waals surface area contributed by atoms with Crippen LogP contribution in [0.1, 0.15) is 22.8 Å². The van der Waals surface area contributed by atoms with E-state index in [4.69, 9.17) is 11.6 Å². The number of aryl methyl sites for hydroxylation is 1. The third-order valence-electron chi connectivity index (χ3n) is 2.61. The Balaban J connectivity index is 2.43. The molecule has 0 bridgehead atoms. The van der Waals surface area contributed by atoms with E-state index in [0.29, 0.717) is 10.6 Å². The smallest absolute Gasteiger partial charge is 0.129 e. The van der Waals surface area contributed by atoms with Gasteiger partial charge in [0.2, 0.25) is 0 Å². The molecular weight excluding hydrogens is 239 g/mol. The van der Waals surface area contributed by atoms with Gasteiger partial charge in [-0.05, 0) is 30.7 Å². The van der Waals surface area contributed by atoms with Crippen molar-refractivity contribution in [3.05, 3.63) is 70.0 Å². The fraction of sp³-hybridized carbons (Fsp3) is 0.143. The Bertz CT molecular complexity index is 539. The number of rotatable bonds is 2. The molecule has 1 unspecified atom stereocenters. The maximum absolute atomic E-state index is 13.6. The van der Waals surface area contributed by atoms with Crippen LogP contribution in [0.5, 0.6) is 0 Å². The van der Waals surface area contributed by atoms with Crippen LogP contribution in [0, 0.1) is 12.7 Å². The number of halogens is 2. The molecule has 1 atom stereocenters. The van der Waals surface area contributed by atoms with Gasteiger partial charge in [0, 0.05) is 10.6 Å². The maximum atomic E-state index is 13.6. The molecule has 2 aromatic rings. The molecule has 0 aliphatic rings. The number of aliphatic hydroxyl groups excluding tert-OH is 1. The Morgan fingerprint density at radius 3 is 2.65 bits per heavy atom. The topological polar surface area (TPSA) is 20.2 Å². The van der Waals surface area contributed by atoms with Crippen LogP contribution in [0.3, 0.4) is 0 Å². The highest BCUT2D eigenvalue weighted by molar-refractivity contribution is 6.30. The van der Waals surface area contributed by atoms with Gasteiger partial charge < -0.3 is 5.11 Å². The minimum Gasteiger partial charge on any atom is -0.384 e. The van der Waals surface area contributed by atoms with Crippen molar-refractivity contribution in [2.75, 3.05) is 0 Å². The normalized spacial score (nSPS) is 12.5. The van der Waals surface area contributed by atoms with Crippen molar-refractivity contribution in [3.63, 3.8) is 0 Å². The Morgan fingerprint density at radius 1 is 1.18 bits per heavy atom. The number of benzene rings is 2. The zero-order valence-electron chi connectivity index (χ0n) is 9.32. The van der Waals surface area contributed by atoms with Gasteiger partial charge in [-0.3, -0.25) is 0 Å². The second kappa shape index (κ2) is 4.86. The lowest BCUT2D eigenvalue weighted by Crippen LogP contribution is -2.02. The predicted octanol–water partition coefficient (Wildman–Crippen LogP) is 3.87. The summed E-state index contributed by atoms with van der Waals surface area (Å²) in [4.78, 5) is 0. The first kappa shape index (κ1) is 12.1. The fourth-order valence-electron chi connectivity index (χ4n) is 1.74. The first-order chi connectivity index (χ1) is 8.08. The molecule has 88 valence electrons. The Kier molecular flexibility index (Phi) is 3.46. The summed E-state index contributed by atoms with van der Waals surface area (Å²) in [6.07, 6.45) is -0.992. The molecule has 2 aromatic carbocycles. The molecule has 3 heteroatoms. The van der Waals surface area contributed by atoms with Crippen LogP contribution in [0.2, 0.25) is 5.02 Å². The van der Waals surface area contributed by atoms with Gasteiger partial charge in [-0.1, -0.05) is 41.4 Å². The molecule has 0 amide bonds. The van der Waals surface area contributed by atoms with Gasteiger partial charge in [-0.15, -0.1) is 0 Å². The van der Waals surface area contributed by atoms with Gasteiger partial charge in [0.25, 0.3) is 0 Å². The quantitative estimate of drug-likeness (QED) is 0.858. The van der Waals surface area contributed by atoms with E-state index in [2.05, 4.69) is 0 Å². The SMILES string of the molecule is Cc1cccc(C(O)c2cc(Cl)ccc2F)c1. The van der Waals surface area contributed by atoms with Gasteiger partial charge >= 0.3 is 0 Å². The monoisotopic (exact) mass is 250 g/mol. The van der Waals surface area contributed by atoms with Gasteiger partial charge in [0.1, 0.15) is 11.9 Å². The molecular formula is C14H12ClFO. The highest BCUT2D eigenvalue weighted by Crippen LogP contribution is 2.27. The molecule has 0 aliphatic heterocycles. The molecule has 0 saturated heterocycles. The van der Waals surface area contributed by atoms with Crippen molar-refractivity contribution in [1.29, 1.82) is 0 Å². The van der Waals surface area contributed by atoms with E-state index in [1.807, 2.05) is 25.1 Å². The van der Waals surface area contributed by atoms with E-state index in [1.165, 1.54) is 18.2 Å². The lowest BCUT2D eigenvalue weighted by Gasteiger charge is -2.13. The zero-order chi connectivity index (χ0) is 12.4. The van der Waals surface area contributed by atoms with Gasteiger partial charge in [0.05, 0.1) is 0 Å². The predicted molar refractivity (Wildman–Crippen MR) is 66.7 cm³/mol. The van der Waals surface area contributed by atoms with E-state index in [0.717, 1.165) is 5.56 Å². The first-order valence-corrected chi connectivity index (χ1v) is 5.65. The number of aliphatic hydroxyl groups is 1. The van der Waals surface area contributed by atoms with E-state index in [1.54, 1.807) is 6.07 Å². The van der Waals surface area contributed by atoms with Crippen LogP contribution >= 0.6 is 11.6 Å². The van der Waals surface area contributed by atoms with E-state index in [-0.39, 0.29) is 5.56 Å². The van der Waals surface area contributed by atoms with E-state index < -0.39 is 11.9 Å². The van der Waals surface area contributed by atoms with Gasteiger partial charge in [-0.25, -0.2) is 4.39 Å². The molecule has 0 radical (unpaired) electrons. The van der Waals surface area contributed by atoms with E-state index >= 15 is 0 Å². The highest BCUT2D eigenvalue weighted by atomic mass is 35.5. The Morgan fingerprint density at radius 2 is 1.94 bits per heavy atom. The Labute approximate surface area is 104 Å². The molecule has 0 spiro atoms. The minimum atomic E-state index is -0.992. The van der Waals surface area contributed by atoms with Gasteiger partial charge in [0.15, 0.2) is 0 Å². The highest BCUT2D eigenvalue weighted by Gasteiger charge is 2.15. The van der Waals surface area contributed by atoms with Crippen molar-refractivity contribution < 1.29 is 9.50 Å². The third-order valence-corrected chi connectivity index (χ3v) is 2.85. The molecule has 1 nitrogen and oxygen atoms in total. The molecule has 2 rings (SSSR count). The summed E-state index contributed by atoms with van der Waals surface area (Å²) in [5, 5.41) is 10.5. The standard InChI is InChI=1S/C14H12ClFO/c1-9-3-2-4-10(7-9)14(17)12-8-11(15)5-6-13(12)16/h2-8,14,17H,1H3. The van der Waals surface area contributed by atoms with E-state index in [9.17, 15) is 9.50 Å². The summed E-state index contributed by atoms with van der Waals surface area (Å²) in [5.41, 5.74) is 1.87. The summed E-state index contributed by atoms with van der Waals surface area (Å²) in [7, 11) is 0. The fourth-order valence-corrected chi connectivity index (χ4v) is 1.92. The molecule has 0 aliphatic carbocycles. The van der Waals surface area contributed by atoms with Crippen LogP contribution in [0.25, 0.3) is 0 Å². The molecule has 1 N–H and O–H groups in total. The lowest BCUT2D eigenvalue weighted by molar-refractivity contribution is 0.215. The zero-order valence-corrected chi connectivity index (χ0v) is 10.1. The third kappa shape index (κ3) is 2.65. The molecule has 0 aromatic heterocycles. The van der Waals surface area contributed by atoms with Crippen molar-refractivity contribution in [2.24, 2.45) is 0 Å². The largest absolute Gasteiger partial charge is 0.384 e. The molecule has 0 saturated carbocycles. The Hall–Kier alpha value is -1.38. The molecule has 0 fully saturated rings. The van der Waals surface area contributed by atoms with Crippen LogP contribution < -0.4 is 0 Å². The lowest BCUT2D eigenvalue weighted by atomic mass is 10.00. The van der Waals surface area contributed by atoms with Crippen LogP contribution in [0.4, 0.5) is 4.39 Å². The number of hydrogen-bond acceptors (Lipinski definition) is 1. The maximum Gasteiger partial charge on any atom is 0.129 e. The summed E-state index contributed by atoms with van der Waals surface area (Å²) in [6, 6.07) is 11.5. The summed E-state index contributed by atoms with van der Waals surface area (Å²) >= 11 is 5.80. The van der Waals surface area contributed by atoms with Crippen molar-refractivity contribution in [1.82, 2.24) is 0 Å². The summed E-state index contributed by atoms with van der Waals surface area (Å²) in [5.74, 6) is -0.455. The second-order valence-electron chi connectivity index (χ2n) is 3.98. The number of hydrogen-bond donors (Lipinski definition) is 1. The van der Waals surface area contributed by atoms with Crippen LogP contribution in [0.15, 0.2) is 42.5 Å². The summed E-state index contributed by atoms with van der Waals surface area (Å²) < 4.78 is 13.6. The molecule has 0 heterocycles. The van der Waals surface area contributed by atoms with Crippen molar-refractivity contribution in [3.8, 4) is 0 Å². The average Bonchev–Trinajstić information content (AvgIpc) is 2.31. The van der Waals surface area contributed by atoms with Crippen LogP contribution in [-0.4, -0.2) is 5.11 Å². The average molecular weight is 251 g/mol. The van der Waals surface area contributed by atoms with Crippen molar-refractivity contribution >= 4 is 11.6 Å². The summed E-state index contributed by atoms with van der Waals surface area (Å²) in [6.45, 7) is 1.92.